The van der Waals surface area contributed by atoms with E-state index in [1.807, 2.05) is 16.7 Å². The lowest BCUT2D eigenvalue weighted by Gasteiger charge is -2.12. The SMILES string of the molecule is Nc1nc2c(O)cccc2n1CC1CCCN1. The number of phenols is 1. The predicted octanol–water partition coefficient (Wildman–Crippen LogP) is 1.08. The van der Waals surface area contributed by atoms with E-state index in [-0.39, 0.29) is 5.75 Å². The summed E-state index contributed by atoms with van der Waals surface area (Å²) in [5.41, 5.74) is 7.40. The average molecular weight is 232 g/mol. The van der Waals surface area contributed by atoms with E-state index in [4.69, 9.17) is 5.73 Å². The normalized spacial score (nSPS) is 20.1. The van der Waals surface area contributed by atoms with E-state index in [0.29, 0.717) is 17.5 Å². The third kappa shape index (κ3) is 1.72. The van der Waals surface area contributed by atoms with Gasteiger partial charge in [-0.3, -0.25) is 0 Å². The Morgan fingerprint density at radius 2 is 2.41 bits per heavy atom. The van der Waals surface area contributed by atoms with Crippen LogP contribution in [0.15, 0.2) is 18.2 Å². The van der Waals surface area contributed by atoms with Crippen LogP contribution in [0.3, 0.4) is 0 Å². The molecular weight excluding hydrogens is 216 g/mol. The number of fused-ring (bicyclic) bond motifs is 1. The van der Waals surface area contributed by atoms with Crippen molar-refractivity contribution >= 4 is 17.0 Å². The topological polar surface area (TPSA) is 76.1 Å². The molecule has 5 heteroatoms. The summed E-state index contributed by atoms with van der Waals surface area (Å²) in [7, 11) is 0. The number of nitrogens with one attached hydrogen (secondary N) is 1. The number of aromatic nitrogens is 2. The van der Waals surface area contributed by atoms with Crippen LogP contribution >= 0.6 is 0 Å². The Morgan fingerprint density at radius 1 is 1.53 bits per heavy atom. The Labute approximate surface area is 99.3 Å². The smallest absolute Gasteiger partial charge is 0.201 e. The third-order valence-corrected chi connectivity index (χ3v) is 3.35. The first-order valence-electron chi connectivity index (χ1n) is 5.93. The van der Waals surface area contributed by atoms with Gasteiger partial charge in [0.25, 0.3) is 0 Å². The summed E-state index contributed by atoms with van der Waals surface area (Å²) in [6.45, 7) is 1.88. The van der Waals surface area contributed by atoms with Gasteiger partial charge in [0.15, 0.2) is 0 Å². The van der Waals surface area contributed by atoms with Gasteiger partial charge in [0.1, 0.15) is 11.3 Å². The average Bonchev–Trinajstić information content (AvgIpc) is 2.91. The molecule has 1 aromatic heterocycles. The second kappa shape index (κ2) is 3.92. The van der Waals surface area contributed by atoms with Gasteiger partial charge >= 0.3 is 0 Å². The van der Waals surface area contributed by atoms with Gasteiger partial charge in [0, 0.05) is 12.6 Å². The molecule has 5 nitrogen and oxygen atoms in total. The number of para-hydroxylation sites is 1. The number of benzene rings is 1. The molecule has 0 aliphatic carbocycles. The first-order chi connectivity index (χ1) is 8.25. The fourth-order valence-corrected chi connectivity index (χ4v) is 2.47. The van der Waals surface area contributed by atoms with Gasteiger partial charge < -0.3 is 20.7 Å². The molecule has 0 bridgehead atoms. The first kappa shape index (κ1) is 10.4. The number of phenolic OH excluding ortho intramolecular Hbond substituents is 1. The molecule has 1 unspecified atom stereocenters. The Bertz CT molecular complexity index is 543. The molecular formula is C12H16N4O. The van der Waals surface area contributed by atoms with Gasteiger partial charge in [-0.1, -0.05) is 6.07 Å². The highest BCUT2D eigenvalue weighted by Crippen LogP contribution is 2.26. The van der Waals surface area contributed by atoms with Crippen LogP contribution in [-0.4, -0.2) is 27.2 Å². The van der Waals surface area contributed by atoms with Crippen molar-refractivity contribution in [3.05, 3.63) is 18.2 Å². The molecule has 2 aromatic rings. The van der Waals surface area contributed by atoms with Crippen molar-refractivity contribution in [2.45, 2.75) is 25.4 Å². The maximum Gasteiger partial charge on any atom is 0.201 e. The molecule has 4 N–H and O–H groups in total. The molecule has 0 radical (unpaired) electrons. The van der Waals surface area contributed by atoms with Crippen LogP contribution in [0.1, 0.15) is 12.8 Å². The number of imidazole rings is 1. The quantitative estimate of drug-likeness (QED) is 0.724. The third-order valence-electron chi connectivity index (χ3n) is 3.35. The van der Waals surface area contributed by atoms with Crippen LogP contribution in [0.2, 0.25) is 0 Å². The zero-order valence-electron chi connectivity index (χ0n) is 9.56. The minimum atomic E-state index is 0.187. The number of hydrogen-bond donors (Lipinski definition) is 3. The highest BCUT2D eigenvalue weighted by atomic mass is 16.3. The Hall–Kier alpha value is -1.75. The number of anilines is 1. The summed E-state index contributed by atoms with van der Waals surface area (Å²) in [4.78, 5) is 4.22. The minimum Gasteiger partial charge on any atom is -0.506 e. The van der Waals surface area contributed by atoms with Gasteiger partial charge in [-0.2, -0.15) is 0 Å². The lowest BCUT2D eigenvalue weighted by Crippen LogP contribution is -2.27. The van der Waals surface area contributed by atoms with Crippen LogP contribution in [0.25, 0.3) is 11.0 Å². The van der Waals surface area contributed by atoms with E-state index in [1.54, 1.807) is 6.07 Å². The van der Waals surface area contributed by atoms with Crippen LogP contribution < -0.4 is 11.1 Å². The van der Waals surface area contributed by atoms with Crippen molar-refractivity contribution in [1.82, 2.24) is 14.9 Å². The Morgan fingerprint density at radius 3 is 3.18 bits per heavy atom. The predicted molar refractivity (Wildman–Crippen MR) is 66.8 cm³/mol. The van der Waals surface area contributed by atoms with E-state index < -0.39 is 0 Å². The largest absolute Gasteiger partial charge is 0.506 e. The van der Waals surface area contributed by atoms with Crippen LogP contribution in [0.4, 0.5) is 5.95 Å². The van der Waals surface area contributed by atoms with Gasteiger partial charge in [0.2, 0.25) is 5.95 Å². The number of nitrogens with zero attached hydrogens (tertiary/aromatic N) is 2. The van der Waals surface area contributed by atoms with Gasteiger partial charge in [0.05, 0.1) is 5.52 Å². The number of nitrogens with two attached hydrogens (primary N) is 1. The molecule has 0 amide bonds. The van der Waals surface area contributed by atoms with Crippen molar-refractivity contribution in [2.24, 2.45) is 0 Å². The van der Waals surface area contributed by atoms with E-state index in [9.17, 15) is 5.11 Å². The standard InChI is InChI=1S/C12H16N4O/c13-12-15-11-9(4-1-5-10(11)17)16(12)7-8-3-2-6-14-8/h1,4-5,8,14,17H,2-3,6-7H2,(H2,13,15). The molecule has 1 aromatic carbocycles. The summed E-state index contributed by atoms with van der Waals surface area (Å²) >= 11 is 0. The second-order valence-electron chi connectivity index (χ2n) is 4.52. The number of hydrogen-bond acceptors (Lipinski definition) is 4. The molecule has 1 fully saturated rings. The number of rotatable bonds is 2. The molecule has 0 saturated carbocycles. The molecule has 1 aliphatic heterocycles. The fourth-order valence-electron chi connectivity index (χ4n) is 2.47. The van der Waals surface area contributed by atoms with Crippen LogP contribution in [0.5, 0.6) is 5.75 Å². The minimum absolute atomic E-state index is 0.187. The first-order valence-corrected chi connectivity index (χ1v) is 5.93. The zero-order valence-corrected chi connectivity index (χ0v) is 9.56. The lowest BCUT2D eigenvalue weighted by atomic mass is 10.2. The molecule has 90 valence electrons. The molecule has 1 saturated heterocycles. The molecule has 0 spiro atoms. The van der Waals surface area contributed by atoms with E-state index in [2.05, 4.69) is 10.3 Å². The molecule has 1 atom stereocenters. The van der Waals surface area contributed by atoms with Gasteiger partial charge in [-0.25, -0.2) is 4.98 Å². The van der Waals surface area contributed by atoms with E-state index in [0.717, 1.165) is 25.0 Å². The summed E-state index contributed by atoms with van der Waals surface area (Å²) in [5.74, 6) is 0.655. The Kier molecular flexibility index (Phi) is 2.40. The fraction of sp³-hybridized carbons (Fsp3) is 0.417. The number of aromatic hydroxyl groups is 1. The molecule has 3 rings (SSSR count). The van der Waals surface area contributed by atoms with Crippen LogP contribution in [0, 0.1) is 0 Å². The highest BCUT2D eigenvalue weighted by Gasteiger charge is 2.18. The summed E-state index contributed by atoms with van der Waals surface area (Å²) < 4.78 is 1.97. The molecule has 2 heterocycles. The summed E-state index contributed by atoms with van der Waals surface area (Å²) in [6.07, 6.45) is 2.38. The van der Waals surface area contributed by atoms with Crippen LogP contribution in [-0.2, 0) is 6.54 Å². The maximum atomic E-state index is 9.72. The van der Waals surface area contributed by atoms with Crippen molar-refractivity contribution in [2.75, 3.05) is 12.3 Å². The highest BCUT2D eigenvalue weighted by molar-refractivity contribution is 5.84. The van der Waals surface area contributed by atoms with Crippen molar-refractivity contribution in [1.29, 1.82) is 0 Å². The summed E-state index contributed by atoms with van der Waals surface area (Å²) in [5, 5.41) is 13.2. The lowest BCUT2D eigenvalue weighted by molar-refractivity contribution is 0.480. The van der Waals surface area contributed by atoms with Crippen molar-refractivity contribution < 1.29 is 5.11 Å². The second-order valence-corrected chi connectivity index (χ2v) is 4.52. The van der Waals surface area contributed by atoms with Gasteiger partial charge in [-0.05, 0) is 31.5 Å². The van der Waals surface area contributed by atoms with Gasteiger partial charge in [-0.15, -0.1) is 0 Å². The molecule has 17 heavy (non-hydrogen) atoms. The monoisotopic (exact) mass is 232 g/mol. The zero-order chi connectivity index (χ0) is 11.8. The maximum absolute atomic E-state index is 9.72. The number of nitrogen functional groups attached to an aromatic ring is 1. The Balaban J connectivity index is 2.02. The van der Waals surface area contributed by atoms with Crippen molar-refractivity contribution in [3.63, 3.8) is 0 Å². The van der Waals surface area contributed by atoms with E-state index in [1.165, 1.54) is 6.42 Å². The van der Waals surface area contributed by atoms with E-state index >= 15 is 0 Å². The molecule has 1 aliphatic rings. The summed E-state index contributed by atoms with van der Waals surface area (Å²) in [6, 6.07) is 5.84. The van der Waals surface area contributed by atoms with Crippen molar-refractivity contribution in [3.8, 4) is 5.75 Å².